The Balaban J connectivity index is 2.74. The number of halogens is 1. The third kappa shape index (κ3) is 3.67. The Morgan fingerprint density at radius 2 is 2.24 bits per heavy atom. The third-order valence-corrected chi connectivity index (χ3v) is 2.41. The number of benzene rings is 1. The van der Waals surface area contributed by atoms with Crippen LogP contribution in [0.2, 0.25) is 0 Å². The molecule has 0 saturated heterocycles. The van der Waals surface area contributed by atoms with Crippen molar-refractivity contribution < 1.29 is 9.18 Å². The first kappa shape index (κ1) is 13.4. The van der Waals surface area contributed by atoms with Crippen molar-refractivity contribution in [2.24, 2.45) is 5.73 Å². The smallest absolute Gasteiger partial charge is 0.221 e. The lowest BCUT2D eigenvalue weighted by Gasteiger charge is -2.11. The average Bonchev–Trinajstić information content (AvgIpc) is 2.28. The number of rotatable bonds is 5. The Kier molecular flexibility index (Phi) is 4.84. The van der Waals surface area contributed by atoms with Crippen molar-refractivity contribution in [1.82, 2.24) is 5.32 Å². The molecule has 0 aliphatic rings. The second kappa shape index (κ2) is 6.15. The molecule has 0 saturated carbocycles. The number of nitrogens with one attached hydrogen (secondary N) is 2. The summed E-state index contributed by atoms with van der Waals surface area (Å²) < 4.78 is 13.5. The second-order valence-electron chi connectivity index (χ2n) is 3.38. The Morgan fingerprint density at radius 3 is 2.82 bits per heavy atom. The van der Waals surface area contributed by atoms with Gasteiger partial charge in [-0.1, -0.05) is 18.3 Å². The minimum absolute atomic E-state index is 0.00876. The molecule has 1 rings (SSSR count). The van der Waals surface area contributed by atoms with Crippen LogP contribution in [-0.4, -0.2) is 24.5 Å². The van der Waals surface area contributed by atoms with Crippen molar-refractivity contribution in [3.8, 4) is 0 Å². The number of anilines is 1. The maximum absolute atomic E-state index is 13.5. The first-order chi connectivity index (χ1) is 8.06. The zero-order valence-corrected chi connectivity index (χ0v) is 10.2. The highest BCUT2D eigenvalue weighted by atomic mass is 32.1. The highest BCUT2D eigenvalue weighted by Crippen LogP contribution is 2.18. The zero-order chi connectivity index (χ0) is 12.8. The Morgan fingerprint density at radius 1 is 1.53 bits per heavy atom. The Labute approximate surface area is 104 Å². The average molecular weight is 255 g/mol. The van der Waals surface area contributed by atoms with Gasteiger partial charge in [0.2, 0.25) is 5.91 Å². The van der Waals surface area contributed by atoms with Gasteiger partial charge in [0.1, 0.15) is 10.8 Å². The molecule has 0 unspecified atom stereocenters. The molecule has 92 valence electrons. The molecule has 6 heteroatoms. The molecule has 4 nitrogen and oxygen atoms in total. The number of carbonyl (C=O) groups is 1. The zero-order valence-electron chi connectivity index (χ0n) is 9.42. The largest absolute Gasteiger partial charge is 0.389 e. The molecule has 0 heterocycles. The minimum atomic E-state index is -0.470. The van der Waals surface area contributed by atoms with Crippen LogP contribution in [0.4, 0.5) is 10.1 Å². The van der Waals surface area contributed by atoms with E-state index < -0.39 is 5.82 Å². The van der Waals surface area contributed by atoms with E-state index >= 15 is 0 Å². The van der Waals surface area contributed by atoms with Crippen LogP contribution in [0.1, 0.15) is 12.0 Å². The van der Waals surface area contributed by atoms with Gasteiger partial charge in [0.25, 0.3) is 0 Å². The Bertz CT molecular complexity index is 437. The molecule has 0 aliphatic heterocycles. The van der Waals surface area contributed by atoms with Crippen LogP contribution in [0.3, 0.4) is 0 Å². The van der Waals surface area contributed by atoms with E-state index in [1.807, 2.05) is 0 Å². The number of carbonyl (C=O) groups excluding carboxylic acids is 1. The maximum atomic E-state index is 13.5. The standard InChI is InChI=1S/C11H14FN3OS/c1-14-9(16)5-6-15-8-4-2-3-7(12)10(8)11(13)17/h2-4,15H,5-6H2,1H3,(H2,13,17)(H,14,16). The topological polar surface area (TPSA) is 67.2 Å². The molecule has 1 aromatic rings. The molecule has 0 aliphatic carbocycles. The summed E-state index contributed by atoms with van der Waals surface area (Å²) in [7, 11) is 1.56. The fourth-order valence-electron chi connectivity index (χ4n) is 1.36. The lowest BCUT2D eigenvalue weighted by molar-refractivity contribution is -0.120. The van der Waals surface area contributed by atoms with E-state index in [1.165, 1.54) is 6.07 Å². The lowest BCUT2D eigenvalue weighted by atomic mass is 10.1. The van der Waals surface area contributed by atoms with E-state index in [0.717, 1.165) is 0 Å². The van der Waals surface area contributed by atoms with Crippen molar-refractivity contribution in [1.29, 1.82) is 0 Å². The van der Waals surface area contributed by atoms with E-state index in [9.17, 15) is 9.18 Å². The predicted molar refractivity (Wildman–Crippen MR) is 69.5 cm³/mol. The van der Waals surface area contributed by atoms with Crippen LogP contribution in [0.15, 0.2) is 18.2 Å². The number of thiocarbonyl (C=S) groups is 1. The molecule has 1 aromatic carbocycles. The van der Waals surface area contributed by atoms with Gasteiger partial charge in [-0.15, -0.1) is 0 Å². The summed E-state index contributed by atoms with van der Waals surface area (Å²) in [6, 6.07) is 4.51. The Hall–Kier alpha value is -1.69. The third-order valence-electron chi connectivity index (χ3n) is 2.21. The summed E-state index contributed by atoms with van der Waals surface area (Å²) in [6.45, 7) is 0.388. The van der Waals surface area contributed by atoms with E-state index in [4.69, 9.17) is 18.0 Å². The van der Waals surface area contributed by atoms with Crippen molar-refractivity contribution in [3.63, 3.8) is 0 Å². The van der Waals surface area contributed by atoms with Gasteiger partial charge in [-0.25, -0.2) is 4.39 Å². The van der Waals surface area contributed by atoms with E-state index in [1.54, 1.807) is 19.2 Å². The van der Waals surface area contributed by atoms with Crippen LogP contribution >= 0.6 is 12.2 Å². The van der Waals surface area contributed by atoms with Crippen molar-refractivity contribution in [2.45, 2.75) is 6.42 Å². The van der Waals surface area contributed by atoms with Crippen molar-refractivity contribution in [3.05, 3.63) is 29.6 Å². The molecule has 0 atom stereocenters. The second-order valence-corrected chi connectivity index (χ2v) is 3.82. The molecule has 1 amide bonds. The highest BCUT2D eigenvalue weighted by Gasteiger charge is 2.10. The summed E-state index contributed by atoms with van der Waals surface area (Å²) >= 11 is 4.78. The van der Waals surface area contributed by atoms with Crippen molar-refractivity contribution in [2.75, 3.05) is 18.9 Å². The quantitative estimate of drug-likeness (QED) is 0.687. The monoisotopic (exact) mass is 255 g/mol. The van der Waals surface area contributed by atoms with E-state index in [0.29, 0.717) is 18.7 Å². The minimum Gasteiger partial charge on any atom is -0.389 e. The first-order valence-corrected chi connectivity index (χ1v) is 5.50. The van der Waals surface area contributed by atoms with Gasteiger partial charge in [0.15, 0.2) is 0 Å². The molecule has 0 bridgehead atoms. The van der Waals surface area contributed by atoms with Gasteiger partial charge < -0.3 is 16.4 Å². The lowest BCUT2D eigenvalue weighted by Crippen LogP contribution is -2.22. The van der Waals surface area contributed by atoms with Crippen LogP contribution in [0.5, 0.6) is 0 Å². The van der Waals surface area contributed by atoms with Gasteiger partial charge in [-0.3, -0.25) is 4.79 Å². The summed E-state index contributed by atoms with van der Waals surface area (Å²) in [4.78, 5) is 11.0. The summed E-state index contributed by atoms with van der Waals surface area (Å²) in [5.41, 5.74) is 6.13. The van der Waals surface area contributed by atoms with Gasteiger partial charge in [0.05, 0.1) is 5.56 Å². The molecule has 17 heavy (non-hydrogen) atoms. The highest BCUT2D eigenvalue weighted by molar-refractivity contribution is 7.80. The van der Waals surface area contributed by atoms with Gasteiger partial charge in [0, 0.05) is 25.7 Å². The normalized spacial score (nSPS) is 9.76. The van der Waals surface area contributed by atoms with Crippen molar-refractivity contribution >= 4 is 28.8 Å². The van der Waals surface area contributed by atoms with Gasteiger partial charge in [-0.05, 0) is 12.1 Å². The predicted octanol–water partition coefficient (Wildman–Crippen LogP) is 1.01. The molecule has 0 aromatic heterocycles. The van der Waals surface area contributed by atoms with E-state index in [-0.39, 0.29) is 16.5 Å². The molecule has 0 spiro atoms. The SMILES string of the molecule is CNC(=O)CCNc1cccc(F)c1C(N)=S. The fraction of sp³-hybridized carbons (Fsp3) is 0.273. The molecule has 0 fully saturated rings. The summed E-state index contributed by atoms with van der Waals surface area (Å²) in [5.74, 6) is -0.562. The van der Waals surface area contributed by atoms with Crippen LogP contribution in [-0.2, 0) is 4.79 Å². The van der Waals surface area contributed by atoms with E-state index in [2.05, 4.69) is 10.6 Å². The number of hydrogen-bond acceptors (Lipinski definition) is 3. The summed E-state index contributed by atoms with van der Waals surface area (Å²) in [5, 5.41) is 5.43. The number of hydrogen-bond donors (Lipinski definition) is 3. The molecule has 4 N–H and O–H groups in total. The molecular weight excluding hydrogens is 241 g/mol. The summed E-state index contributed by atoms with van der Waals surface area (Å²) in [6.07, 6.45) is 0.295. The fourth-order valence-corrected chi connectivity index (χ4v) is 1.57. The van der Waals surface area contributed by atoms with Gasteiger partial charge >= 0.3 is 0 Å². The van der Waals surface area contributed by atoms with Crippen LogP contribution < -0.4 is 16.4 Å². The number of nitrogens with two attached hydrogens (primary N) is 1. The van der Waals surface area contributed by atoms with Gasteiger partial charge in [-0.2, -0.15) is 0 Å². The molecular formula is C11H14FN3OS. The maximum Gasteiger partial charge on any atom is 0.221 e. The molecule has 0 radical (unpaired) electrons. The first-order valence-electron chi connectivity index (χ1n) is 5.09. The van der Waals surface area contributed by atoms with Crippen LogP contribution in [0.25, 0.3) is 0 Å². The number of amides is 1. The van der Waals surface area contributed by atoms with Crippen LogP contribution in [0, 0.1) is 5.82 Å².